The normalized spacial score (nSPS) is 10.6. The van der Waals surface area contributed by atoms with Crippen LogP contribution in [0.25, 0.3) is 0 Å². The average molecular weight is 295 g/mol. The molecule has 0 atom stereocenters. The Morgan fingerprint density at radius 2 is 1.85 bits per heavy atom. The number of halogens is 3. The van der Waals surface area contributed by atoms with Gasteiger partial charge in [0.05, 0.1) is 10.6 Å². The van der Waals surface area contributed by atoms with E-state index in [0.717, 1.165) is 4.88 Å². The summed E-state index contributed by atoms with van der Waals surface area (Å²) in [6.07, 6.45) is -4.92. The highest BCUT2D eigenvalue weighted by Gasteiger charge is 2.38. The number of nitrogens with one attached hydrogen (secondary N) is 1. The molecule has 1 N–H and O–H groups in total. The third kappa shape index (κ3) is 3.62. The van der Waals surface area contributed by atoms with Gasteiger partial charge in [0.15, 0.2) is 0 Å². The van der Waals surface area contributed by atoms with E-state index in [1.165, 1.54) is 23.5 Å². The molecule has 0 aliphatic carbocycles. The lowest BCUT2D eigenvalue weighted by Gasteiger charge is -2.09. The summed E-state index contributed by atoms with van der Waals surface area (Å²) in [5.74, 6) is 3.57. The summed E-state index contributed by atoms with van der Waals surface area (Å²) in [7, 11) is 0. The minimum absolute atomic E-state index is 0.0406. The number of carbonyl (C=O) groups excluding carboxylic acids is 1. The lowest BCUT2D eigenvalue weighted by atomic mass is 10.2. The maximum Gasteiger partial charge on any atom is 0.471 e. The molecule has 1 aromatic carbocycles. The molecule has 0 saturated heterocycles. The minimum Gasteiger partial charge on any atom is -0.317 e. The Balaban J connectivity index is 2.25. The predicted octanol–water partition coefficient (Wildman–Crippen LogP) is 3.65. The van der Waals surface area contributed by atoms with Crippen molar-refractivity contribution in [3.8, 4) is 11.8 Å². The molecule has 1 heterocycles. The van der Waals surface area contributed by atoms with E-state index in [4.69, 9.17) is 0 Å². The molecule has 0 spiro atoms. The van der Waals surface area contributed by atoms with Crippen molar-refractivity contribution in [2.24, 2.45) is 0 Å². The van der Waals surface area contributed by atoms with Crippen molar-refractivity contribution in [2.75, 3.05) is 5.32 Å². The fourth-order valence-electron chi connectivity index (χ4n) is 1.37. The number of anilines is 1. The van der Waals surface area contributed by atoms with Crippen LogP contribution in [0, 0.1) is 11.8 Å². The first-order valence-electron chi connectivity index (χ1n) is 5.49. The van der Waals surface area contributed by atoms with Gasteiger partial charge in [-0.25, -0.2) is 0 Å². The summed E-state index contributed by atoms with van der Waals surface area (Å²) < 4.78 is 36.7. The van der Waals surface area contributed by atoms with E-state index in [1.54, 1.807) is 18.2 Å². The molecular weight excluding hydrogens is 287 g/mol. The Labute approximate surface area is 117 Å². The summed E-state index contributed by atoms with van der Waals surface area (Å²) in [4.78, 5) is 11.7. The molecule has 0 fully saturated rings. The molecule has 0 aliphatic rings. The largest absolute Gasteiger partial charge is 0.471 e. The Kier molecular flexibility index (Phi) is 4.11. The standard InChI is InChI=1S/C14H8F3NOS/c15-14(16,17)13(19)18-12-6-2-1-4-10(12)7-8-11-5-3-9-20-11/h1-6,9H,(H,18,19). The van der Waals surface area contributed by atoms with Gasteiger partial charge in [-0.2, -0.15) is 13.2 Å². The van der Waals surface area contributed by atoms with E-state index in [-0.39, 0.29) is 5.69 Å². The summed E-state index contributed by atoms with van der Waals surface area (Å²) in [6.45, 7) is 0. The predicted molar refractivity (Wildman–Crippen MR) is 71.4 cm³/mol. The van der Waals surface area contributed by atoms with Crippen molar-refractivity contribution in [2.45, 2.75) is 6.18 Å². The molecule has 0 bridgehead atoms. The first kappa shape index (κ1) is 14.2. The van der Waals surface area contributed by atoms with Gasteiger partial charge in [0.25, 0.3) is 0 Å². The topological polar surface area (TPSA) is 29.1 Å². The average Bonchev–Trinajstić information content (AvgIpc) is 2.89. The van der Waals surface area contributed by atoms with Crippen LogP contribution in [0.5, 0.6) is 0 Å². The molecular formula is C14H8F3NOS. The van der Waals surface area contributed by atoms with E-state index in [0.29, 0.717) is 5.56 Å². The third-order valence-corrected chi connectivity index (χ3v) is 3.06. The van der Waals surface area contributed by atoms with Gasteiger partial charge in [-0.3, -0.25) is 4.79 Å². The summed E-state index contributed by atoms with van der Waals surface area (Å²) >= 11 is 1.43. The molecule has 6 heteroatoms. The molecule has 0 aliphatic heterocycles. The van der Waals surface area contributed by atoms with Crippen LogP contribution in [0.15, 0.2) is 41.8 Å². The first-order chi connectivity index (χ1) is 9.47. The molecule has 1 amide bonds. The number of hydrogen-bond donors (Lipinski definition) is 1. The Morgan fingerprint density at radius 3 is 2.50 bits per heavy atom. The number of amides is 1. The molecule has 1 aromatic heterocycles. The number of thiophene rings is 1. The first-order valence-corrected chi connectivity index (χ1v) is 6.37. The number of alkyl halides is 3. The van der Waals surface area contributed by atoms with E-state index in [9.17, 15) is 18.0 Å². The maximum absolute atomic E-state index is 12.2. The van der Waals surface area contributed by atoms with Crippen LogP contribution in [0.2, 0.25) is 0 Å². The van der Waals surface area contributed by atoms with Gasteiger partial charge in [-0.05, 0) is 23.6 Å². The van der Waals surface area contributed by atoms with Crippen molar-refractivity contribution in [3.05, 3.63) is 52.2 Å². The van der Waals surface area contributed by atoms with Gasteiger partial charge in [0.2, 0.25) is 0 Å². The van der Waals surface area contributed by atoms with Crippen LogP contribution in [0.1, 0.15) is 10.4 Å². The molecule has 0 unspecified atom stereocenters. The molecule has 20 heavy (non-hydrogen) atoms. The van der Waals surface area contributed by atoms with Gasteiger partial charge in [-0.15, -0.1) is 11.3 Å². The molecule has 0 saturated carbocycles. The van der Waals surface area contributed by atoms with Crippen molar-refractivity contribution < 1.29 is 18.0 Å². The van der Waals surface area contributed by atoms with Gasteiger partial charge in [0.1, 0.15) is 0 Å². The van der Waals surface area contributed by atoms with Gasteiger partial charge in [0, 0.05) is 5.56 Å². The smallest absolute Gasteiger partial charge is 0.317 e. The van der Waals surface area contributed by atoms with Crippen LogP contribution < -0.4 is 5.32 Å². The highest BCUT2D eigenvalue weighted by molar-refractivity contribution is 7.10. The zero-order valence-electron chi connectivity index (χ0n) is 9.99. The summed E-state index contributed by atoms with van der Waals surface area (Å²) in [6, 6.07) is 9.72. The summed E-state index contributed by atoms with van der Waals surface area (Å²) in [5, 5.41) is 3.67. The number of hydrogen-bond acceptors (Lipinski definition) is 2. The second-order valence-corrected chi connectivity index (χ2v) is 4.67. The quantitative estimate of drug-likeness (QED) is 0.799. The second kappa shape index (κ2) is 5.80. The SMILES string of the molecule is O=C(Nc1ccccc1C#Cc1cccs1)C(F)(F)F. The Hall–Kier alpha value is -2.26. The Bertz CT molecular complexity index is 666. The highest BCUT2D eigenvalue weighted by Crippen LogP contribution is 2.20. The van der Waals surface area contributed by atoms with E-state index in [2.05, 4.69) is 11.8 Å². The summed E-state index contributed by atoms with van der Waals surface area (Å²) in [5.41, 5.74) is 0.373. The van der Waals surface area contributed by atoms with Crippen molar-refractivity contribution in [3.63, 3.8) is 0 Å². The molecule has 0 radical (unpaired) electrons. The van der Waals surface area contributed by atoms with Crippen LogP contribution in [-0.2, 0) is 4.79 Å². The van der Waals surface area contributed by atoms with Gasteiger partial charge in [-0.1, -0.05) is 30.0 Å². The zero-order valence-corrected chi connectivity index (χ0v) is 10.8. The zero-order chi connectivity index (χ0) is 14.6. The van der Waals surface area contributed by atoms with Crippen molar-refractivity contribution >= 4 is 22.9 Å². The van der Waals surface area contributed by atoms with Crippen LogP contribution in [0.3, 0.4) is 0 Å². The molecule has 2 nitrogen and oxygen atoms in total. The fourth-order valence-corrected chi connectivity index (χ4v) is 1.94. The van der Waals surface area contributed by atoms with Crippen molar-refractivity contribution in [1.29, 1.82) is 0 Å². The number of para-hydroxylation sites is 1. The second-order valence-electron chi connectivity index (χ2n) is 3.72. The van der Waals surface area contributed by atoms with Gasteiger partial charge < -0.3 is 5.32 Å². The van der Waals surface area contributed by atoms with Crippen LogP contribution in [-0.4, -0.2) is 12.1 Å². The monoisotopic (exact) mass is 295 g/mol. The molecule has 102 valence electrons. The lowest BCUT2D eigenvalue weighted by molar-refractivity contribution is -0.167. The molecule has 2 rings (SSSR count). The van der Waals surface area contributed by atoms with Crippen LogP contribution >= 0.6 is 11.3 Å². The number of carbonyl (C=O) groups is 1. The van der Waals surface area contributed by atoms with Crippen LogP contribution in [0.4, 0.5) is 18.9 Å². The third-order valence-electron chi connectivity index (χ3n) is 2.27. The van der Waals surface area contributed by atoms with Crippen molar-refractivity contribution in [1.82, 2.24) is 0 Å². The number of benzene rings is 1. The van der Waals surface area contributed by atoms with E-state index >= 15 is 0 Å². The molecule has 2 aromatic rings. The minimum atomic E-state index is -4.92. The van der Waals surface area contributed by atoms with Gasteiger partial charge >= 0.3 is 12.1 Å². The Morgan fingerprint density at radius 1 is 1.10 bits per heavy atom. The lowest BCUT2D eigenvalue weighted by Crippen LogP contribution is -2.30. The van der Waals surface area contributed by atoms with E-state index in [1.807, 2.05) is 16.8 Å². The number of rotatable bonds is 1. The maximum atomic E-state index is 12.2. The highest BCUT2D eigenvalue weighted by atomic mass is 32.1. The fraction of sp³-hybridized carbons (Fsp3) is 0.0714. The van der Waals surface area contributed by atoms with E-state index < -0.39 is 12.1 Å².